The topological polar surface area (TPSA) is 29.1 Å². The third kappa shape index (κ3) is 5.27. The van der Waals surface area contributed by atoms with Gasteiger partial charge in [0.2, 0.25) is 5.79 Å². The van der Waals surface area contributed by atoms with Crippen molar-refractivity contribution < 1.29 is 9.84 Å². The van der Waals surface area contributed by atoms with Crippen LogP contribution in [0.3, 0.4) is 0 Å². The Bertz CT molecular complexity index is 130. The molecule has 0 fully saturated rings. The van der Waals surface area contributed by atoms with Crippen LogP contribution >= 0.6 is 0 Å². The molecule has 0 aromatic heterocycles. The van der Waals surface area contributed by atoms with Crippen molar-refractivity contribution in [3.8, 4) is 0 Å². The Labute approximate surface area is 82.3 Å². The SMILES string of the molecule is CCCCC(C)OC(C)([O])C(C)C. The van der Waals surface area contributed by atoms with Gasteiger partial charge in [-0.1, -0.05) is 33.6 Å². The van der Waals surface area contributed by atoms with Crippen molar-refractivity contribution in [3.63, 3.8) is 0 Å². The Morgan fingerprint density at radius 1 is 1.31 bits per heavy atom. The molecule has 0 aliphatic rings. The quantitative estimate of drug-likeness (QED) is 0.586. The lowest BCUT2D eigenvalue weighted by atomic mass is 10.0. The number of rotatable bonds is 6. The molecule has 2 heteroatoms. The fourth-order valence-corrected chi connectivity index (χ4v) is 1.09. The standard InChI is InChI=1S/C11H23O2/c1-6-7-8-10(4)13-11(5,12)9(2)3/h9-10H,6-8H2,1-5H3. The second kappa shape index (κ2) is 5.61. The average Bonchev–Trinajstić information content (AvgIpc) is 1.99. The maximum absolute atomic E-state index is 11.8. The van der Waals surface area contributed by atoms with Gasteiger partial charge in [-0.15, -0.1) is 0 Å². The molecule has 0 aliphatic heterocycles. The van der Waals surface area contributed by atoms with Crippen LogP contribution in [0.5, 0.6) is 0 Å². The lowest BCUT2D eigenvalue weighted by Crippen LogP contribution is -2.36. The largest absolute Gasteiger partial charge is 0.344 e. The second-order valence-corrected chi connectivity index (χ2v) is 4.24. The number of unbranched alkanes of at least 4 members (excludes halogenated alkanes) is 1. The third-order valence-electron chi connectivity index (χ3n) is 2.45. The lowest BCUT2D eigenvalue weighted by molar-refractivity contribution is -0.273. The van der Waals surface area contributed by atoms with Gasteiger partial charge in [-0.2, -0.15) is 5.11 Å². The minimum atomic E-state index is -1.23. The summed E-state index contributed by atoms with van der Waals surface area (Å²) >= 11 is 0. The second-order valence-electron chi connectivity index (χ2n) is 4.24. The van der Waals surface area contributed by atoms with Crippen molar-refractivity contribution >= 4 is 0 Å². The third-order valence-corrected chi connectivity index (χ3v) is 2.45. The highest BCUT2D eigenvalue weighted by Crippen LogP contribution is 2.22. The molecule has 0 saturated heterocycles. The molecule has 0 N–H and O–H groups in total. The van der Waals surface area contributed by atoms with Gasteiger partial charge in [-0.05, 0) is 20.3 Å². The Kier molecular flexibility index (Phi) is 5.57. The molecule has 2 nitrogen and oxygen atoms in total. The van der Waals surface area contributed by atoms with E-state index in [9.17, 15) is 5.11 Å². The summed E-state index contributed by atoms with van der Waals surface area (Å²) in [6.07, 6.45) is 3.37. The monoisotopic (exact) mass is 187 g/mol. The van der Waals surface area contributed by atoms with Crippen LogP contribution in [0.1, 0.15) is 53.9 Å². The van der Waals surface area contributed by atoms with E-state index in [0.717, 1.165) is 19.3 Å². The first kappa shape index (κ1) is 12.9. The van der Waals surface area contributed by atoms with E-state index in [1.807, 2.05) is 20.8 Å². The van der Waals surface area contributed by atoms with Crippen LogP contribution in [0.25, 0.3) is 0 Å². The van der Waals surface area contributed by atoms with Crippen LogP contribution in [-0.4, -0.2) is 11.9 Å². The molecule has 0 rings (SSSR count). The predicted molar refractivity (Wildman–Crippen MR) is 54.0 cm³/mol. The first-order valence-corrected chi connectivity index (χ1v) is 5.28. The van der Waals surface area contributed by atoms with Crippen LogP contribution in [0.2, 0.25) is 0 Å². The summed E-state index contributed by atoms with van der Waals surface area (Å²) in [6, 6.07) is 0. The summed E-state index contributed by atoms with van der Waals surface area (Å²) in [4.78, 5) is 0. The molecule has 0 saturated carbocycles. The van der Waals surface area contributed by atoms with Gasteiger partial charge in [0.1, 0.15) is 0 Å². The molecule has 0 heterocycles. The van der Waals surface area contributed by atoms with Gasteiger partial charge in [0.15, 0.2) is 0 Å². The van der Waals surface area contributed by atoms with Gasteiger partial charge < -0.3 is 4.74 Å². The molecule has 2 atom stereocenters. The van der Waals surface area contributed by atoms with Gasteiger partial charge in [0, 0.05) is 5.92 Å². The molecular weight excluding hydrogens is 164 g/mol. The van der Waals surface area contributed by atoms with E-state index in [-0.39, 0.29) is 12.0 Å². The van der Waals surface area contributed by atoms with E-state index in [1.165, 1.54) is 0 Å². The number of hydrogen-bond acceptors (Lipinski definition) is 1. The molecular formula is C11H23O2. The van der Waals surface area contributed by atoms with Crippen molar-refractivity contribution in [2.24, 2.45) is 5.92 Å². The molecule has 13 heavy (non-hydrogen) atoms. The molecule has 0 bridgehead atoms. The van der Waals surface area contributed by atoms with Crippen LogP contribution in [-0.2, 0) is 9.84 Å². The zero-order valence-corrected chi connectivity index (χ0v) is 9.59. The minimum absolute atomic E-state index is 0.0246. The highest BCUT2D eigenvalue weighted by Gasteiger charge is 2.29. The summed E-state index contributed by atoms with van der Waals surface area (Å²) in [6.45, 7) is 9.55. The van der Waals surface area contributed by atoms with Crippen LogP contribution in [0, 0.1) is 5.92 Å². The molecule has 0 spiro atoms. The summed E-state index contributed by atoms with van der Waals surface area (Å²) < 4.78 is 5.45. The fraction of sp³-hybridized carbons (Fsp3) is 1.00. The number of ether oxygens (including phenoxy) is 1. The highest BCUT2D eigenvalue weighted by atomic mass is 16.6. The lowest BCUT2D eigenvalue weighted by Gasteiger charge is -2.28. The van der Waals surface area contributed by atoms with Crippen molar-refractivity contribution in [2.45, 2.75) is 65.8 Å². The molecule has 0 aromatic rings. The molecule has 1 radical (unpaired) electrons. The molecule has 0 aromatic carbocycles. The van der Waals surface area contributed by atoms with E-state index < -0.39 is 5.79 Å². The zero-order chi connectivity index (χ0) is 10.5. The van der Waals surface area contributed by atoms with E-state index in [2.05, 4.69) is 6.92 Å². The minimum Gasteiger partial charge on any atom is -0.344 e. The summed E-state index contributed by atoms with van der Waals surface area (Å²) in [5, 5.41) is 11.8. The van der Waals surface area contributed by atoms with Gasteiger partial charge >= 0.3 is 0 Å². The van der Waals surface area contributed by atoms with Crippen LogP contribution in [0.4, 0.5) is 0 Å². The van der Waals surface area contributed by atoms with Crippen molar-refractivity contribution in [2.75, 3.05) is 0 Å². The molecule has 0 amide bonds. The maximum atomic E-state index is 11.8. The first-order valence-electron chi connectivity index (χ1n) is 5.28. The van der Waals surface area contributed by atoms with Crippen LogP contribution < -0.4 is 0 Å². The van der Waals surface area contributed by atoms with E-state index >= 15 is 0 Å². The Morgan fingerprint density at radius 2 is 1.85 bits per heavy atom. The van der Waals surface area contributed by atoms with Gasteiger partial charge in [0.05, 0.1) is 6.10 Å². The van der Waals surface area contributed by atoms with E-state index in [1.54, 1.807) is 6.92 Å². The van der Waals surface area contributed by atoms with E-state index in [4.69, 9.17) is 4.74 Å². The van der Waals surface area contributed by atoms with Gasteiger partial charge in [-0.3, -0.25) is 0 Å². The van der Waals surface area contributed by atoms with Crippen molar-refractivity contribution in [1.82, 2.24) is 0 Å². The van der Waals surface area contributed by atoms with Gasteiger partial charge in [-0.25, -0.2) is 0 Å². The van der Waals surface area contributed by atoms with Crippen molar-refractivity contribution in [3.05, 3.63) is 0 Å². The zero-order valence-electron chi connectivity index (χ0n) is 9.59. The maximum Gasteiger partial charge on any atom is 0.201 e. The van der Waals surface area contributed by atoms with Crippen molar-refractivity contribution in [1.29, 1.82) is 0 Å². The average molecular weight is 187 g/mol. The predicted octanol–water partition coefficient (Wildman–Crippen LogP) is 3.38. The summed E-state index contributed by atoms with van der Waals surface area (Å²) in [7, 11) is 0. The smallest absolute Gasteiger partial charge is 0.201 e. The Hall–Kier alpha value is -0.0800. The van der Waals surface area contributed by atoms with Crippen LogP contribution in [0.15, 0.2) is 0 Å². The fourth-order valence-electron chi connectivity index (χ4n) is 1.09. The molecule has 79 valence electrons. The Morgan fingerprint density at radius 3 is 2.23 bits per heavy atom. The normalized spacial score (nSPS) is 18.7. The summed E-state index contributed by atoms with van der Waals surface area (Å²) in [5.74, 6) is -1.20. The number of hydrogen-bond donors (Lipinski definition) is 0. The van der Waals surface area contributed by atoms with E-state index in [0.29, 0.717) is 0 Å². The first-order chi connectivity index (χ1) is 5.90. The molecule has 0 aliphatic carbocycles. The van der Waals surface area contributed by atoms with Gasteiger partial charge in [0.25, 0.3) is 0 Å². The Balaban J connectivity index is 3.82. The summed E-state index contributed by atoms with van der Waals surface area (Å²) in [5.41, 5.74) is 0. The highest BCUT2D eigenvalue weighted by molar-refractivity contribution is 4.66. The molecule has 2 unspecified atom stereocenters.